The number of hydrogen-bond acceptors (Lipinski definition) is 4. The summed E-state index contributed by atoms with van der Waals surface area (Å²) in [6.45, 7) is 0. The van der Waals surface area contributed by atoms with Crippen LogP contribution in [0.25, 0.3) is 0 Å². The molecule has 0 saturated carbocycles. The van der Waals surface area contributed by atoms with Crippen LogP contribution in [0.15, 0.2) is 18.2 Å². The smallest absolute Gasteiger partial charge is 0.234 e. The number of anilines is 1. The van der Waals surface area contributed by atoms with Gasteiger partial charge in [-0.25, -0.2) is 0 Å². The predicted octanol–water partition coefficient (Wildman–Crippen LogP) is 1.44. The molecule has 1 aromatic rings. The second-order valence-electron chi connectivity index (χ2n) is 2.70. The number of ether oxygens (including phenoxy) is 1. The molecule has 0 aliphatic heterocycles. The number of para-hydroxylation sites is 1. The molecule has 78 valence electrons. The quantitative estimate of drug-likeness (QED) is 0.761. The lowest BCUT2D eigenvalue weighted by atomic mass is 10.2. The molecular weight excluding hydrogens is 212 g/mol. The van der Waals surface area contributed by atoms with E-state index in [1.54, 1.807) is 18.2 Å². The average molecular weight is 222 g/mol. The molecule has 0 bridgehead atoms. The fourth-order valence-corrected chi connectivity index (χ4v) is 1.18. The van der Waals surface area contributed by atoms with Crippen molar-refractivity contribution in [1.82, 2.24) is 0 Å². The van der Waals surface area contributed by atoms with Crippen LogP contribution in [0.2, 0.25) is 0 Å². The van der Waals surface area contributed by atoms with Gasteiger partial charge in [0.25, 0.3) is 0 Å². The Balaban J connectivity index is 3.12. The summed E-state index contributed by atoms with van der Waals surface area (Å²) in [5, 5.41) is 11.4. The first-order valence-corrected chi connectivity index (χ1v) is 4.84. The molecule has 5 heteroatoms. The molecule has 1 aromatic carbocycles. The second-order valence-corrected chi connectivity index (χ2v) is 3.02. The van der Waals surface area contributed by atoms with Crippen molar-refractivity contribution >= 4 is 24.2 Å². The molecule has 0 atom stereocenters. The van der Waals surface area contributed by atoms with Crippen LogP contribution in [-0.2, 0) is 4.79 Å². The van der Waals surface area contributed by atoms with Gasteiger partial charge in [0, 0.05) is 0 Å². The first-order valence-electron chi connectivity index (χ1n) is 4.20. The zero-order valence-electron chi connectivity index (χ0n) is 8.15. The lowest BCUT2D eigenvalue weighted by Gasteiger charge is -2.10. The third-order valence-corrected chi connectivity index (χ3v) is 2.06. The van der Waals surface area contributed by atoms with Crippen molar-refractivity contribution in [3.05, 3.63) is 23.8 Å². The van der Waals surface area contributed by atoms with Crippen LogP contribution in [0, 0.1) is 11.3 Å². The summed E-state index contributed by atoms with van der Waals surface area (Å²) < 4.78 is 5.04. The Morgan fingerprint density at radius 3 is 2.93 bits per heavy atom. The number of carbonyl (C=O) groups is 1. The standard InChI is InChI=1S/C10H10N2O2S/c1-14-8-4-2-3-7(5-11)10(8)12-9(13)6-15/h2-4,15H,6H2,1H3,(H,12,13). The number of hydrogen-bond donors (Lipinski definition) is 2. The van der Waals surface area contributed by atoms with Crippen LogP contribution >= 0.6 is 12.6 Å². The van der Waals surface area contributed by atoms with Crippen LogP contribution in [0.5, 0.6) is 5.75 Å². The van der Waals surface area contributed by atoms with E-state index in [0.29, 0.717) is 17.0 Å². The number of amides is 1. The Morgan fingerprint density at radius 1 is 1.67 bits per heavy atom. The van der Waals surface area contributed by atoms with Gasteiger partial charge >= 0.3 is 0 Å². The molecule has 0 spiro atoms. The lowest BCUT2D eigenvalue weighted by Crippen LogP contribution is -2.14. The third-order valence-electron chi connectivity index (χ3n) is 1.77. The van der Waals surface area contributed by atoms with Crippen molar-refractivity contribution in [3.63, 3.8) is 0 Å². The molecule has 1 rings (SSSR count). The van der Waals surface area contributed by atoms with E-state index in [0.717, 1.165) is 0 Å². The summed E-state index contributed by atoms with van der Waals surface area (Å²) >= 11 is 3.84. The highest BCUT2D eigenvalue weighted by atomic mass is 32.1. The minimum Gasteiger partial charge on any atom is -0.495 e. The zero-order chi connectivity index (χ0) is 11.3. The van der Waals surface area contributed by atoms with E-state index in [9.17, 15) is 4.79 Å². The van der Waals surface area contributed by atoms with Gasteiger partial charge in [-0.1, -0.05) is 6.07 Å². The first kappa shape index (κ1) is 11.4. The number of rotatable bonds is 3. The molecule has 0 unspecified atom stereocenters. The molecule has 15 heavy (non-hydrogen) atoms. The normalized spacial score (nSPS) is 9.13. The summed E-state index contributed by atoms with van der Waals surface area (Å²) in [4.78, 5) is 11.2. The maximum Gasteiger partial charge on any atom is 0.234 e. The molecule has 0 aromatic heterocycles. The van der Waals surface area contributed by atoms with Crippen molar-refractivity contribution in [2.24, 2.45) is 0 Å². The number of thiol groups is 1. The minimum atomic E-state index is -0.278. The van der Waals surface area contributed by atoms with Crippen LogP contribution in [0.3, 0.4) is 0 Å². The van der Waals surface area contributed by atoms with Crippen molar-refractivity contribution in [3.8, 4) is 11.8 Å². The van der Waals surface area contributed by atoms with E-state index in [-0.39, 0.29) is 11.7 Å². The molecular formula is C10H10N2O2S. The summed E-state index contributed by atoms with van der Waals surface area (Å²) in [5.74, 6) is 0.242. The van der Waals surface area contributed by atoms with Crippen molar-refractivity contribution in [1.29, 1.82) is 5.26 Å². The summed E-state index contributed by atoms with van der Waals surface area (Å²) in [6, 6.07) is 6.95. The van der Waals surface area contributed by atoms with Gasteiger partial charge in [-0.3, -0.25) is 4.79 Å². The average Bonchev–Trinajstić information content (AvgIpc) is 2.29. The minimum absolute atomic E-state index is 0.0584. The summed E-state index contributed by atoms with van der Waals surface area (Å²) in [5.41, 5.74) is 0.756. The van der Waals surface area contributed by atoms with Crippen molar-refractivity contribution in [2.45, 2.75) is 0 Å². The van der Waals surface area contributed by atoms with Crippen LogP contribution in [0.4, 0.5) is 5.69 Å². The van der Waals surface area contributed by atoms with E-state index < -0.39 is 0 Å². The Bertz CT molecular complexity index is 412. The number of nitrogens with one attached hydrogen (secondary N) is 1. The molecule has 0 radical (unpaired) electrons. The van der Waals surface area contributed by atoms with E-state index in [4.69, 9.17) is 10.00 Å². The third kappa shape index (κ3) is 2.64. The van der Waals surface area contributed by atoms with Gasteiger partial charge in [0.05, 0.1) is 18.4 Å². The van der Waals surface area contributed by atoms with Gasteiger partial charge in [0.1, 0.15) is 17.5 Å². The van der Waals surface area contributed by atoms with E-state index in [1.165, 1.54) is 7.11 Å². The molecule has 0 aliphatic rings. The highest BCUT2D eigenvalue weighted by Crippen LogP contribution is 2.27. The van der Waals surface area contributed by atoms with Crippen molar-refractivity contribution < 1.29 is 9.53 Å². The monoisotopic (exact) mass is 222 g/mol. The fourth-order valence-electron chi connectivity index (χ4n) is 1.10. The Morgan fingerprint density at radius 2 is 2.40 bits per heavy atom. The zero-order valence-corrected chi connectivity index (χ0v) is 9.04. The number of nitrogens with zero attached hydrogens (tertiary/aromatic N) is 1. The molecule has 4 nitrogen and oxygen atoms in total. The fraction of sp³-hybridized carbons (Fsp3) is 0.200. The Hall–Kier alpha value is -1.67. The van der Waals surface area contributed by atoms with E-state index in [2.05, 4.69) is 17.9 Å². The Labute approximate surface area is 93.3 Å². The van der Waals surface area contributed by atoms with Gasteiger partial charge in [-0.05, 0) is 12.1 Å². The SMILES string of the molecule is COc1cccc(C#N)c1NC(=O)CS. The van der Waals surface area contributed by atoms with Gasteiger partial charge in [0.15, 0.2) is 0 Å². The van der Waals surface area contributed by atoms with E-state index in [1.807, 2.05) is 6.07 Å². The van der Waals surface area contributed by atoms with E-state index >= 15 is 0 Å². The highest BCUT2D eigenvalue weighted by molar-refractivity contribution is 7.81. The van der Waals surface area contributed by atoms with Crippen LogP contribution in [-0.4, -0.2) is 18.8 Å². The van der Waals surface area contributed by atoms with Crippen molar-refractivity contribution in [2.75, 3.05) is 18.2 Å². The topological polar surface area (TPSA) is 62.1 Å². The van der Waals surface area contributed by atoms with Gasteiger partial charge in [-0.15, -0.1) is 0 Å². The molecule has 1 N–H and O–H groups in total. The Kier molecular flexibility index (Phi) is 4.01. The molecule has 0 fully saturated rings. The second kappa shape index (κ2) is 5.27. The number of benzene rings is 1. The molecule has 0 heterocycles. The van der Waals surface area contributed by atoms with Gasteiger partial charge in [0.2, 0.25) is 5.91 Å². The number of carbonyl (C=O) groups excluding carboxylic acids is 1. The molecule has 0 saturated heterocycles. The summed E-state index contributed by atoms with van der Waals surface area (Å²) in [6.07, 6.45) is 0. The number of nitriles is 1. The van der Waals surface area contributed by atoms with Crippen LogP contribution < -0.4 is 10.1 Å². The van der Waals surface area contributed by atoms with Gasteiger partial charge < -0.3 is 10.1 Å². The van der Waals surface area contributed by atoms with Gasteiger partial charge in [-0.2, -0.15) is 17.9 Å². The largest absolute Gasteiger partial charge is 0.495 e. The first-order chi connectivity index (χ1) is 7.22. The lowest BCUT2D eigenvalue weighted by molar-refractivity contribution is -0.113. The number of methoxy groups -OCH3 is 1. The molecule has 1 amide bonds. The maximum atomic E-state index is 11.2. The predicted molar refractivity (Wildman–Crippen MR) is 60.2 cm³/mol. The maximum absolute atomic E-state index is 11.2. The van der Waals surface area contributed by atoms with Crippen LogP contribution in [0.1, 0.15) is 5.56 Å². The summed E-state index contributed by atoms with van der Waals surface area (Å²) in [7, 11) is 1.48. The molecule has 0 aliphatic carbocycles. The highest BCUT2D eigenvalue weighted by Gasteiger charge is 2.10.